The molecule has 0 saturated carbocycles. The molecule has 72 valence electrons. The van der Waals surface area contributed by atoms with Gasteiger partial charge in [0, 0.05) is 12.6 Å². The first-order valence-corrected chi connectivity index (χ1v) is 4.21. The molecule has 2 rings (SSSR count). The van der Waals surface area contributed by atoms with Crippen LogP contribution in [0.4, 0.5) is 10.2 Å². The van der Waals surface area contributed by atoms with Gasteiger partial charge in [-0.1, -0.05) is 12.1 Å². The number of halogens is 1. The smallest absolute Gasteiger partial charge is 0.141 e. The lowest BCUT2D eigenvalue weighted by Crippen LogP contribution is -1.97. The third-order valence-electron chi connectivity index (χ3n) is 2.11. The van der Waals surface area contributed by atoms with Gasteiger partial charge >= 0.3 is 0 Å². The standard InChI is InChI=1S/C10H10FN3/c1-14-9(12)6-13-10(14)7-3-2-4-8(11)5-7/h2-6H,12H2,1H3. The summed E-state index contributed by atoms with van der Waals surface area (Å²) < 4.78 is 14.6. The first kappa shape index (κ1) is 8.74. The van der Waals surface area contributed by atoms with Crippen molar-refractivity contribution in [1.82, 2.24) is 9.55 Å². The summed E-state index contributed by atoms with van der Waals surface area (Å²) in [6.07, 6.45) is 1.56. The molecule has 0 fully saturated rings. The molecule has 1 heterocycles. The van der Waals surface area contributed by atoms with Crippen molar-refractivity contribution in [3.05, 3.63) is 36.3 Å². The number of imidazole rings is 1. The van der Waals surface area contributed by atoms with Crippen molar-refractivity contribution in [3.8, 4) is 11.4 Å². The number of nitrogens with two attached hydrogens (primary N) is 1. The normalized spacial score (nSPS) is 10.4. The highest BCUT2D eigenvalue weighted by molar-refractivity contribution is 5.58. The lowest BCUT2D eigenvalue weighted by atomic mass is 10.2. The van der Waals surface area contributed by atoms with Gasteiger partial charge in [0.15, 0.2) is 0 Å². The molecule has 0 aliphatic heterocycles. The van der Waals surface area contributed by atoms with E-state index in [-0.39, 0.29) is 5.82 Å². The van der Waals surface area contributed by atoms with Crippen molar-refractivity contribution in [3.63, 3.8) is 0 Å². The predicted octanol–water partition coefficient (Wildman–Crippen LogP) is 1.81. The molecule has 0 saturated heterocycles. The van der Waals surface area contributed by atoms with Crippen LogP contribution in [0.2, 0.25) is 0 Å². The Morgan fingerprint density at radius 2 is 2.21 bits per heavy atom. The second-order valence-corrected chi connectivity index (χ2v) is 3.08. The third-order valence-corrected chi connectivity index (χ3v) is 2.11. The maximum Gasteiger partial charge on any atom is 0.141 e. The molecular formula is C10H10FN3. The van der Waals surface area contributed by atoms with Crippen LogP contribution in [0.3, 0.4) is 0 Å². The van der Waals surface area contributed by atoms with Crippen LogP contribution in [-0.4, -0.2) is 9.55 Å². The Kier molecular flexibility index (Phi) is 1.96. The average molecular weight is 191 g/mol. The zero-order valence-electron chi connectivity index (χ0n) is 7.74. The maximum absolute atomic E-state index is 12.9. The zero-order valence-corrected chi connectivity index (χ0v) is 7.74. The van der Waals surface area contributed by atoms with Crippen LogP contribution in [-0.2, 0) is 7.05 Å². The van der Waals surface area contributed by atoms with E-state index in [1.807, 2.05) is 0 Å². The minimum atomic E-state index is -0.274. The Labute approximate surface area is 81.0 Å². The largest absolute Gasteiger partial charge is 0.384 e. The van der Waals surface area contributed by atoms with E-state index in [0.717, 1.165) is 5.56 Å². The van der Waals surface area contributed by atoms with Crippen molar-refractivity contribution < 1.29 is 4.39 Å². The molecule has 3 nitrogen and oxygen atoms in total. The van der Waals surface area contributed by atoms with Crippen LogP contribution >= 0.6 is 0 Å². The topological polar surface area (TPSA) is 43.8 Å². The van der Waals surface area contributed by atoms with E-state index < -0.39 is 0 Å². The lowest BCUT2D eigenvalue weighted by Gasteiger charge is -2.02. The number of benzene rings is 1. The molecule has 1 aromatic carbocycles. The van der Waals surface area contributed by atoms with Gasteiger partial charge in [-0.25, -0.2) is 9.37 Å². The zero-order chi connectivity index (χ0) is 10.1. The van der Waals surface area contributed by atoms with Crippen LogP contribution in [0, 0.1) is 5.82 Å². The van der Waals surface area contributed by atoms with Crippen LogP contribution in [0.15, 0.2) is 30.5 Å². The van der Waals surface area contributed by atoms with E-state index >= 15 is 0 Å². The number of nitrogen functional groups attached to an aromatic ring is 1. The minimum absolute atomic E-state index is 0.274. The second kappa shape index (κ2) is 3.14. The van der Waals surface area contributed by atoms with Gasteiger partial charge in [-0.15, -0.1) is 0 Å². The fraction of sp³-hybridized carbons (Fsp3) is 0.100. The predicted molar refractivity (Wildman–Crippen MR) is 53.0 cm³/mol. The SMILES string of the molecule is Cn1c(N)cnc1-c1cccc(F)c1. The molecule has 0 bridgehead atoms. The molecule has 0 spiro atoms. The number of hydrogen-bond donors (Lipinski definition) is 1. The van der Waals surface area contributed by atoms with E-state index in [2.05, 4.69) is 4.98 Å². The Bertz CT molecular complexity index is 462. The van der Waals surface area contributed by atoms with Crippen molar-refractivity contribution in [2.24, 2.45) is 7.05 Å². The number of nitrogens with zero attached hydrogens (tertiary/aromatic N) is 2. The molecule has 2 aromatic rings. The van der Waals surface area contributed by atoms with Gasteiger partial charge in [-0.05, 0) is 12.1 Å². The highest BCUT2D eigenvalue weighted by Crippen LogP contribution is 2.19. The molecule has 4 heteroatoms. The van der Waals surface area contributed by atoms with Gasteiger partial charge in [0.2, 0.25) is 0 Å². The van der Waals surface area contributed by atoms with Crippen LogP contribution < -0.4 is 5.73 Å². The molecule has 0 atom stereocenters. The second-order valence-electron chi connectivity index (χ2n) is 3.08. The lowest BCUT2D eigenvalue weighted by molar-refractivity contribution is 0.628. The van der Waals surface area contributed by atoms with Gasteiger partial charge in [0.05, 0.1) is 6.20 Å². The molecule has 0 aliphatic carbocycles. The van der Waals surface area contributed by atoms with Crippen molar-refractivity contribution in [2.45, 2.75) is 0 Å². The monoisotopic (exact) mass is 191 g/mol. The summed E-state index contributed by atoms with van der Waals surface area (Å²) in [5.74, 6) is 0.954. The fourth-order valence-electron chi connectivity index (χ4n) is 1.32. The van der Waals surface area contributed by atoms with Gasteiger partial charge < -0.3 is 10.3 Å². The van der Waals surface area contributed by atoms with E-state index in [4.69, 9.17) is 5.73 Å². The molecule has 0 radical (unpaired) electrons. The highest BCUT2D eigenvalue weighted by atomic mass is 19.1. The van der Waals surface area contributed by atoms with Gasteiger partial charge in [-0.3, -0.25) is 0 Å². The summed E-state index contributed by atoms with van der Waals surface area (Å²) in [4.78, 5) is 4.10. The number of anilines is 1. The molecule has 0 unspecified atom stereocenters. The molecule has 0 amide bonds. The summed E-state index contributed by atoms with van der Waals surface area (Å²) >= 11 is 0. The molecule has 0 aliphatic rings. The van der Waals surface area contributed by atoms with E-state index in [9.17, 15) is 4.39 Å². The van der Waals surface area contributed by atoms with Crippen LogP contribution in [0.5, 0.6) is 0 Å². The quantitative estimate of drug-likeness (QED) is 0.747. The summed E-state index contributed by atoms with van der Waals surface area (Å²) in [7, 11) is 1.79. The summed E-state index contributed by atoms with van der Waals surface area (Å²) in [5.41, 5.74) is 6.35. The number of hydrogen-bond acceptors (Lipinski definition) is 2. The van der Waals surface area contributed by atoms with Crippen molar-refractivity contribution in [1.29, 1.82) is 0 Å². The Morgan fingerprint density at radius 1 is 1.43 bits per heavy atom. The molecule has 2 N–H and O–H groups in total. The molecular weight excluding hydrogens is 181 g/mol. The Balaban J connectivity index is 2.55. The Hall–Kier alpha value is -1.84. The summed E-state index contributed by atoms with van der Waals surface area (Å²) in [6, 6.07) is 6.28. The van der Waals surface area contributed by atoms with Gasteiger partial charge in [-0.2, -0.15) is 0 Å². The molecule has 1 aromatic heterocycles. The molecule has 14 heavy (non-hydrogen) atoms. The van der Waals surface area contributed by atoms with Crippen molar-refractivity contribution in [2.75, 3.05) is 5.73 Å². The number of aromatic nitrogens is 2. The minimum Gasteiger partial charge on any atom is -0.384 e. The summed E-state index contributed by atoms with van der Waals surface area (Å²) in [5, 5.41) is 0. The van der Waals surface area contributed by atoms with Gasteiger partial charge in [0.1, 0.15) is 17.5 Å². The number of rotatable bonds is 1. The fourth-order valence-corrected chi connectivity index (χ4v) is 1.32. The van der Waals surface area contributed by atoms with E-state index in [1.165, 1.54) is 12.1 Å². The maximum atomic E-state index is 12.9. The van der Waals surface area contributed by atoms with E-state index in [1.54, 1.807) is 29.9 Å². The highest BCUT2D eigenvalue weighted by Gasteiger charge is 2.06. The summed E-state index contributed by atoms with van der Waals surface area (Å²) in [6.45, 7) is 0. The average Bonchev–Trinajstić information content (AvgIpc) is 2.48. The Morgan fingerprint density at radius 3 is 2.79 bits per heavy atom. The first-order chi connectivity index (χ1) is 6.68. The van der Waals surface area contributed by atoms with Gasteiger partial charge in [0.25, 0.3) is 0 Å². The van der Waals surface area contributed by atoms with Crippen LogP contribution in [0.1, 0.15) is 0 Å². The third kappa shape index (κ3) is 1.35. The first-order valence-electron chi connectivity index (χ1n) is 4.21. The van der Waals surface area contributed by atoms with Crippen molar-refractivity contribution >= 4 is 5.82 Å². The van der Waals surface area contributed by atoms with E-state index in [0.29, 0.717) is 11.6 Å². The van der Waals surface area contributed by atoms with Crippen LogP contribution in [0.25, 0.3) is 11.4 Å².